The van der Waals surface area contributed by atoms with Crippen molar-refractivity contribution in [2.75, 3.05) is 6.54 Å². The minimum atomic E-state index is 0.344. The lowest BCUT2D eigenvalue weighted by molar-refractivity contribution is 0.133. The molecule has 1 fully saturated rings. The van der Waals surface area contributed by atoms with Crippen LogP contribution < -0.4 is 10.5 Å². The number of rotatable bonds is 3. The highest BCUT2D eigenvalue weighted by Crippen LogP contribution is 2.28. The number of ether oxygens (including phenoxy) is 1. The van der Waals surface area contributed by atoms with Gasteiger partial charge in [0.05, 0.1) is 11.6 Å². The molecule has 100 valence electrons. The van der Waals surface area contributed by atoms with E-state index in [1.165, 1.54) is 12.8 Å². The molecule has 0 atom stereocenters. The van der Waals surface area contributed by atoms with Gasteiger partial charge < -0.3 is 10.5 Å². The molecule has 3 rings (SSSR count). The third-order valence-corrected chi connectivity index (χ3v) is 4.00. The molecule has 3 heteroatoms. The molecule has 1 aromatic heterocycles. The lowest BCUT2D eigenvalue weighted by Crippen LogP contribution is -2.27. The molecular formula is C16H20N2O. The fourth-order valence-corrected chi connectivity index (χ4v) is 2.80. The fourth-order valence-electron chi connectivity index (χ4n) is 2.80. The molecule has 2 N–H and O–H groups in total. The van der Waals surface area contributed by atoms with E-state index in [4.69, 9.17) is 10.5 Å². The van der Waals surface area contributed by atoms with Gasteiger partial charge in [0.1, 0.15) is 5.75 Å². The maximum Gasteiger partial charge on any atom is 0.120 e. The summed E-state index contributed by atoms with van der Waals surface area (Å²) in [4.78, 5) is 4.32. The zero-order valence-corrected chi connectivity index (χ0v) is 11.1. The summed E-state index contributed by atoms with van der Waals surface area (Å²) in [5, 5.41) is 1.13. The largest absolute Gasteiger partial charge is 0.490 e. The first kappa shape index (κ1) is 12.4. The number of hydrogen-bond donors (Lipinski definition) is 1. The van der Waals surface area contributed by atoms with Crippen molar-refractivity contribution in [1.82, 2.24) is 4.98 Å². The van der Waals surface area contributed by atoms with Gasteiger partial charge >= 0.3 is 0 Å². The molecule has 1 aliphatic rings. The van der Waals surface area contributed by atoms with E-state index in [-0.39, 0.29) is 0 Å². The number of aromatic nitrogens is 1. The zero-order valence-electron chi connectivity index (χ0n) is 11.1. The standard InChI is InChI=1S/C16H20N2O/c17-11-12-3-5-14(6-4-12)19-15-7-8-16-13(10-15)2-1-9-18-16/h1-2,7-10,12,14H,3-6,11,17H2. The maximum absolute atomic E-state index is 6.09. The lowest BCUT2D eigenvalue weighted by atomic mass is 9.87. The van der Waals surface area contributed by atoms with E-state index in [1.807, 2.05) is 24.4 Å². The summed E-state index contributed by atoms with van der Waals surface area (Å²) in [5.74, 6) is 1.65. The van der Waals surface area contributed by atoms with Crippen molar-refractivity contribution in [3.05, 3.63) is 36.5 Å². The normalized spacial score (nSPS) is 23.4. The minimum Gasteiger partial charge on any atom is -0.490 e. The Morgan fingerprint density at radius 2 is 2.00 bits per heavy atom. The average molecular weight is 256 g/mol. The Morgan fingerprint density at radius 3 is 2.79 bits per heavy atom. The molecule has 1 aromatic carbocycles. The molecule has 1 saturated carbocycles. The van der Waals surface area contributed by atoms with Crippen LogP contribution in [-0.2, 0) is 0 Å². The molecule has 0 saturated heterocycles. The topological polar surface area (TPSA) is 48.1 Å². The summed E-state index contributed by atoms with van der Waals surface area (Å²) in [6.07, 6.45) is 6.78. The highest BCUT2D eigenvalue weighted by molar-refractivity contribution is 5.79. The molecule has 0 bridgehead atoms. The summed E-state index contributed by atoms with van der Waals surface area (Å²) in [5.41, 5.74) is 6.73. The van der Waals surface area contributed by atoms with E-state index in [2.05, 4.69) is 17.1 Å². The first-order valence-electron chi connectivity index (χ1n) is 7.06. The van der Waals surface area contributed by atoms with Gasteiger partial charge in [0, 0.05) is 11.6 Å². The summed E-state index contributed by atoms with van der Waals surface area (Å²) in [6.45, 7) is 0.814. The van der Waals surface area contributed by atoms with Crippen LogP contribution in [-0.4, -0.2) is 17.6 Å². The van der Waals surface area contributed by atoms with Gasteiger partial charge in [-0.15, -0.1) is 0 Å². The number of nitrogens with zero attached hydrogens (tertiary/aromatic N) is 1. The van der Waals surface area contributed by atoms with Gasteiger partial charge in [0.2, 0.25) is 0 Å². The molecule has 0 aliphatic heterocycles. The first-order valence-corrected chi connectivity index (χ1v) is 7.06. The van der Waals surface area contributed by atoms with Gasteiger partial charge in [0.25, 0.3) is 0 Å². The van der Waals surface area contributed by atoms with Crippen LogP contribution >= 0.6 is 0 Å². The van der Waals surface area contributed by atoms with Crippen molar-refractivity contribution in [3.63, 3.8) is 0 Å². The highest BCUT2D eigenvalue weighted by Gasteiger charge is 2.21. The van der Waals surface area contributed by atoms with Crippen LogP contribution in [0.5, 0.6) is 5.75 Å². The summed E-state index contributed by atoms with van der Waals surface area (Å²) < 4.78 is 6.09. The predicted octanol–water partition coefficient (Wildman–Crippen LogP) is 3.13. The Kier molecular flexibility index (Phi) is 3.65. The number of benzene rings is 1. The quantitative estimate of drug-likeness (QED) is 0.917. The molecule has 1 aliphatic carbocycles. The Bertz CT molecular complexity index is 547. The zero-order chi connectivity index (χ0) is 13.1. The smallest absolute Gasteiger partial charge is 0.120 e. The number of fused-ring (bicyclic) bond motifs is 1. The Hall–Kier alpha value is -1.61. The van der Waals surface area contributed by atoms with E-state index >= 15 is 0 Å². The Balaban J connectivity index is 1.68. The van der Waals surface area contributed by atoms with E-state index in [0.29, 0.717) is 12.0 Å². The second-order valence-electron chi connectivity index (χ2n) is 5.35. The van der Waals surface area contributed by atoms with Crippen molar-refractivity contribution in [3.8, 4) is 5.75 Å². The Morgan fingerprint density at radius 1 is 1.16 bits per heavy atom. The second kappa shape index (κ2) is 5.57. The maximum atomic E-state index is 6.09. The second-order valence-corrected chi connectivity index (χ2v) is 5.35. The number of nitrogens with two attached hydrogens (primary N) is 1. The van der Waals surface area contributed by atoms with E-state index < -0.39 is 0 Å². The van der Waals surface area contributed by atoms with Crippen LogP contribution in [0.15, 0.2) is 36.5 Å². The van der Waals surface area contributed by atoms with Gasteiger partial charge in [0.15, 0.2) is 0 Å². The van der Waals surface area contributed by atoms with Gasteiger partial charge in [-0.1, -0.05) is 6.07 Å². The summed E-state index contributed by atoms with van der Waals surface area (Å²) in [7, 11) is 0. The molecule has 2 aromatic rings. The van der Waals surface area contributed by atoms with Crippen molar-refractivity contribution in [2.45, 2.75) is 31.8 Å². The van der Waals surface area contributed by atoms with Crippen LogP contribution in [0, 0.1) is 5.92 Å². The molecular weight excluding hydrogens is 236 g/mol. The van der Waals surface area contributed by atoms with E-state index in [9.17, 15) is 0 Å². The lowest BCUT2D eigenvalue weighted by Gasteiger charge is -2.28. The minimum absolute atomic E-state index is 0.344. The third-order valence-electron chi connectivity index (χ3n) is 4.00. The van der Waals surface area contributed by atoms with Crippen LogP contribution in [0.1, 0.15) is 25.7 Å². The SMILES string of the molecule is NCC1CCC(Oc2ccc3ncccc3c2)CC1. The van der Waals surface area contributed by atoms with Gasteiger partial charge in [-0.3, -0.25) is 4.98 Å². The Labute approximate surface area is 113 Å². The van der Waals surface area contributed by atoms with E-state index in [0.717, 1.165) is 36.0 Å². The summed E-state index contributed by atoms with van der Waals surface area (Å²) in [6, 6.07) is 10.1. The van der Waals surface area contributed by atoms with Gasteiger partial charge in [-0.05, 0) is 62.4 Å². The molecule has 1 heterocycles. The van der Waals surface area contributed by atoms with Gasteiger partial charge in [-0.25, -0.2) is 0 Å². The third kappa shape index (κ3) is 2.87. The van der Waals surface area contributed by atoms with Gasteiger partial charge in [-0.2, -0.15) is 0 Å². The molecule has 19 heavy (non-hydrogen) atoms. The molecule has 3 nitrogen and oxygen atoms in total. The van der Waals surface area contributed by atoms with Crippen molar-refractivity contribution in [1.29, 1.82) is 0 Å². The van der Waals surface area contributed by atoms with Crippen molar-refractivity contribution >= 4 is 10.9 Å². The number of hydrogen-bond acceptors (Lipinski definition) is 3. The van der Waals surface area contributed by atoms with Crippen molar-refractivity contribution < 1.29 is 4.74 Å². The van der Waals surface area contributed by atoms with Crippen LogP contribution in [0.3, 0.4) is 0 Å². The molecule has 0 radical (unpaired) electrons. The summed E-state index contributed by atoms with van der Waals surface area (Å²) >= 11 is 0. The van der Waals surface area contributed by atoms with Crippen LogP contribution in [0.4, 0.5) is 0 Å². The monoisotopic (exact) mass is 256 g/mol. The first-order chi connectivity index (χ1) is 9.35. The highest BCUT2D eigenvalue weighted by atomic mass is 16.5. The van der Waals surface area contributed by atoms with Crippen LogP contribution in [0.25, 0.3) is 10.9 Å². The molecule has 0 amide bonds. The van der Waals surface area contributed by atoms with Crippen LogP contribution in [0.2, 0.25) is 0 Å². The van der Waals surface area contributed by atoms with Crippen molar-refractivity contribution in [2.24, 2.45) is 11.7 Å². The number of pyridine rings is 1. The van der Waals surface area contributed by atoms with E-state index in [1.54, 1.807) is 0 Å². The fraction of sp³-hybridized carbons (Fsp3) is 0.438. The molecule has 0 spiro atoms. The predicted molar refractivity (Wildman–Crippen MR) is 77.2 cm³/mol. The average Bonchev–Trinajstić information content (AvgIpc) is 2.48. The molecule has 0 unspecified atom stereocenters.